The van der Waals surface area contributed by atoms with Gasteiger partial charge in [0.1, 0.15) is 5.75 Å². The molecule has 0 radical (unpaired) electrons. The minimum absolute atomic E-state index is 0.0735. The zero-order valence-electron chi connectivity index (χ0n) is 14.7. The van der Waals surface area contributed by atoms with E-state index < -0.39 is 0 Å². The Hall–Kier alpha value is -2.53. The standard InChI is InChI=1S/C20H25N3O2/c1-2-25-19-11-7-6-10-18(19)23-14-12-22(13-15-23)16-20(24)21-17-8-4-3-5-9-17/h3-11H,2,12-16H2,1H3,(H,21,24)/p+1. The Kier molecular flexibility index (Phi) is 5.90. The molecule has 1 fully saturated rings. The monoisotopic (exact) mass is 340 g/mol. The van der Waals surface area contributed by atoms with Crippen molar-refractivity contribution in [2.24, 2.45) is 0 Å². The Morgan fingerprint density at radius 1 is 1.08 bits per heavy atom. The van der Waals surface area contributed by atoms with E-state index in [0.717, 1.165) is 43.3 Å². The molecule has 1 amide bonds. The lowest BCUT2D eigenvalue weighted by Crippen LogP contribution is -3.15. The molecule has 0 aliphatic carbocycles. The summed E-state index contributed by atoms with van der Waals surface area (Å²) >= 11 is 0. The Morgan fingerprint density at radius 2 is 1.76 bits per heavy atom. The molecular weight excluding hydrogens is 314 g/mol. The molecule has 0 atom stereocenters. The van der Waals surface area contributed by atoms with Gasteiger partial charge in [0.05, 0.1) is 38.5 Å². The lowest BCUT2D eigenvalue weighted by atomic mass is 10.2. The second-order valence-electron chi connectivity index (χ2n) is 6.23. The molecule has 3 rings (SSSR count). The van der Waals surface area contributed by atoms with Gasteiger partial charge in [0.15, 0.2) is 6.54 Å². The van der Waals surface area contributed by atoms with Crippen LogP contribution in [0.25, 0.3) is 0 Å². The summed E-state index contributed by atoms with van der Waals surface area (Å²) in [5.41, 5.74) is 2.01. The number of amides is 1. The molecule has 1 aliphatic heterocycles. The Bertz CT molecular complexity index is 682. The second-order valence-corrected chi connectivity index (χ2v) is 6.23. The van der Waals surface area contributed by atoms with E-state index in [0.29, 0.717) is 13.2 Å². The van der Waals surface area contributed by atoms with Gasteiger partial charge in [-0.15, -0.1) is 0 Å². The summed E-state index contributed by atoms with van der Waals surface area (Å²) in [5.74, 6) is 1.01. The Balaban J connectivity index is 1.51. The SMILES string of the molecule is CCOc1ccccc1N1CC[NH+](CC(=O)Nc2ccccc2)CC1. The largest absolute Gasteiger partial charge is 0.492 e. The van der Waals surface area contributed by atoms with Crippen molar-refractivity contribution in [2.75, 3.05) is 49.5 Å². The molecule has 5 nitrogen and oxygen atoms in total. The maximum absolute atomic E-state index is 12.2. The van der Waals surface area contributed by atoms with Gasteiger partial charge >= 0.3 is 0 Å². The predicted molar refractivity (Wildman–Crippen MR) is 100 cm³/mol. The highest BCUT2D eigenvalue weighted by Gasteiger charge is 2.23. The molecule has 5 heteroatoms. The number of carbonyl (C=O) groups excluding carboxylic acids is 1. The van der Waals surface area contributed by atoms with E-state index in [4.69, 9.17) is 4.74 Å². The van der Waals surface area contributed by atoms with Crippen molar-refractivity contribution in [3.05, 3.63) is 54.6 Å². The molecule has 1 aliphatic rings. The highest BCUT2D eigenvalue weighted by molar-refractivity contribution is 5.91. The zero-order valence-corrected chi connectivity index (χ0v) is 14.7. The van der Waals surface area contributed by atoms with Crippen molar-refractivity contribution < 1.29 is 14.4 Å². The summed E-state index contributed by atoms with van der Waals surface area (Å²) in [6.45, 7) is 6.93. The van der Waals surface area contributed by atoms with Crippen LogP contribution in [0.1, 0.15) is 6.92 Å². The van der Waals surface area contributed by atoms with Crippen LogP contribution in [0, 0.1) is 0 Å². The van der Waals surface area contributed by atoms with E-state index >= 15 is 0 Å². The van der Waals surface area contributed by atoms with Gasteiger partial charge in [-0.3, -0.25) is 4.79 Å². The number of piperazine rings is 1. The van der Waals surface area contributed by atoms with Crippen LogP contribution in [-0.2, 0) is 4.79 Å². The van der Waals surface area contributed by atoms with E-state index in [9.17, 15) is 4.79 Å². The first-order valence-electron chi connectivity index (χ1n) is 8.91. The fraction of sp³-hybridized carbons (Fsp3) is 0.350. The van der Waals surface area contributed by atoms with Crippen LogP contribution in [-0.4, -0.2) is 45.2 Å². The third-order valence-electron chi connectivity index (χ3n) is 4.44. The number of nitrogens with one attached hydrogen (secondary N) is 2. The van der Waals surface area contributed by atoms with Gasteiger partial charge in [0.2, 0.25) is 0 Å². The van der Waals surface area contributed by atoms with Gasteiger partial charge in [0, 0.05) is 5.69 Å². The normalized spacial score (nSPS) is 15.0. The van der Waals surface area contributed by atoms with E-state index in [-0.39, 0.29) is 5.91 Å². The van der Waals surface area contributed by atoms with Gasteiger partial charge in [-0.25, -0.2) is 0 Å². The van der Waals surface area contributed by atoms with Crippen LogP contribution in [0.4, 0.5) is 11.4 Å². The zero-order chi connectivity index (χ0) is 17.5. The second kappa shape index (κ2) is 8.53. The number of carbonyl (C=O) groups is 1. The van der Waals surface area contributed by atoms with Crippen molar-refractivity contribution >= 4 is 17.3 Å². The van der Waals surface area contributed by atoms with Crippen LogP contribution >= 0.6 is 0 Å². The van der Waals surface area contributed by atoms with Crippen molar-refractivity contribution in [3.8, 4) is 5.75 Å². The quantitative estimate of drug-likeness (QED) is 0.836. The topological polar surface area (TPSA) is 46.0 Å². The van der Waals surface area contributed by atoms with Gasteiger partial charge in [-0.05, 0) is 31.2 Å². The molecule has 0 aromatic heterocycles. The van der Waals surface area contributed by atoms with Crippen LogP contribution in [0.15, 0.2) is 54.6 Å². The summed E-state index contributed by atoms with van der Waals surface area (Å²) in [6.07, 6.45) is 0. The third-order valence-corrected chi connectivity index (χ3v) is 4.44. The number of ether oxygens (including phenoxy) is 1. The average Bonchev–Trinajstić information content (AvgIpc) is 2.64. The lowest BCUT2D eigenvalue weighted by molar-refractivity contribution is -0.892. The number of quaternary nitrogens is 1. The maximum atomic E-state index is 12.2. The first-order chi connectivity index (χ1) is 12.3. The molecule has 0 unspecified atom stereocenters. The molecule has 1 heterocycles. The molecule has 0 saturated carbocycles. The molecule has 0 spiro atoms. The molecule has 0 bridgehead atoms. The van der Waals surface area contributed by atoms with E-state index in [2.05, 4.69) is 16.3 Å². The summed E-state index contributed by atoms with van der Waals surface area (Å²) < 4.78 is 5.74. The van der Waals surface area contributed by atoms with Crippen LogP contribution in [0.3, 0.4) is 0 Å². The predicted octanol–water partition coefficient (Wildman–Crippen LogP) is 1.43. The van der Waals surface area contributed by atoms with E-state index in [1.165, 1.54) is 4.90 Å². The summed E-state index contributed by atoms with van der Waals surface area (Å²) in [6, 6.07) is 17.8. The smallest absolute Gasteiger partial charge is 0.279 e. The fourth-order valence-corrected chi connectivity index (χ4v) is 3.19. The highest BCUT2D eigenvalue weighted by Crippen LogP contribution is 2.27. The summed E-state index contributed by atoms with van der Waals surface area (Å²) in [5, 5.41) is 2.96. The number of para-hydroxylation sites is 3. The first-order valence-corrected chi connectivity index (χ1v) is 8.91. The highest BCUT2D eigenvalue weighted by atomic mass is 16.5. The van der Waals surface area contributed by atoms with E-state index in [1.54, 1.807) is 0 Å². The summed E-state index contributed by atoms with van der Waals surface area (Å²) in [4.78, 5) is 15.9. The van der Waals surface area contributed by atoms with Crippen LogP contribution in [0.2, 0.25) is 0 Å². The molecule has 2 N–H and O–H groups in total. The number of rotatable bonds is 6. The first kappa shape index (κ1) is 17.3. The number of hydrogen-bond acceptors (Lipinski definition) is 3. The molecule has 1 saturated heterocycles. The average molecular weight is 340 g/mol. The summed E-state index contributed by atoms with van der Waals surface area (Å²) in [7, 11) is 0. The molecule has 132 valence electrons. The van der Waals surface area contributed by atoms with Crippen molar-refractivity contribution in [1.82, 2.24) is 0 Å². The maximum Gasteiger partial charge on any atom is 0.279 e. The fourth-order valence-electron chi connectivity index (χ4n) is 3.19. The lowest BCUT2D eigenvalue weighted by Gasteiger charge is -2.34. The molecule has 25 heavy (non-hydrogen) atoms. The third kappa shape index (κ3) is 4.73. The number of benzene rings is 2. The van der Waals surface area contributed by atoms with Crippen LogP contribution in [0.5, 0.6) is 5.75 Å². The molecule has 2 aromatic rings. The van der Waals surface area contributed by atoms with Gasteiger partial charge in [0.25, 0.3) is 5.91 Å². The van der Waals surface area contributed by atoms with Gasteiger partial charge < -0.3 is 19.9 Å². The van der Waals surface area contributed by atoms with Gasteiger partial charge in [-0.2, -0.15) is 0 Å². The minimum Gasteiger partial charge on any atom is -0.492 e. The minimum atomic E-state index is 0.0735. The van der Waals surface area contributed by atoms with E-state index in [1.807, 2.05) is 55.5 Å². The Labute approximate surface area is 149 Å². The van der Waals surface area contributed by atoms with Gasteiger partial charge in [-0.1, -0.05) is 30.3 Å². The Morgan fingerprint density at radius 3 is 2.48 bits per heavy atom. The molecular formula is C20H26N3O2+. The van der Waals surface area contributed by atoms with Crippen LogP contribution < -0.4 is 19.9 Å². The number of anilines is 2. The molecule has 2 aromatic carbocycles. The number of nitrogens with zero attached hydrogens (tertiary/aromatic N) is 1. The van der Waals surface area contributed by atoms with Crippen molar-refractivity contribution in [2.45, 2.75) is 6.92 Å². The number of hydrogen-bond donors (Lipinski definition) is 2. The van der Waals surface area contributed by atoms with Crippen molar-refractivity contribution in [3.63, 3.8) is 0 Å². The van der Waals surface area contributed by atoms with Crippen molar-refractivity contribution in [1.29, 1.82) is 0 Å².